The quantitative estimate of drug-likeness (QED) is 0.269. The van der Waals surface area contributed by atoms with Crippen LogP contribution in [0.1, 0.15) is 53.7 Å². The summed E-state index contributed by atoms with van der Waals surface area (Å²) in [6.07, 6.45) is -1.46. The van der Waals surface area contributed by atoms with Crippen LogP contribution >= 0.6 is 0 Å². The molecule has 2 amide bonds. The smallest absolute Gasteiger partial charge is 0.490 e. The second-order valence-corrected chi connectivity index (χ2v) is 10.2. The number of rotatable bonds is 10. The average Bonchev–Trinajstić information content (AvgIpc) is 3.06. The lowest BCUT2D eigenvalue weighted by Gasteiger charge is -2.34. The molecule has 0 spiro atoms. The Kier molecular flexibility index (Phi) is 11.5. The van der Waals surface area contributed by atoms with E-state index in [4.69, 9.17) is 20.4 Å². The summed E-state index contributed by atoms with van der Waals surface area (Å²) in [5.74, 6) is -3.54. The van der Waals surface area contributed by atoms with Crippen molar-refractivity contribution in [1.29, 1.82) is 0 Å². The van der Waals surface area contributed by atoms with Crippen LogP contribution in [0.25, 0.3) is 0 Å². The number of aromatic nitrogens is 1. The van der Waals surface area contributed by atoms with E-state index in [1.807, 2.05) is 18.2 Å². The molecule has 240 valence electrons. The number of aryl methyl sites for hydroxylation is 1. The van der Waals surface area contributed by atoms with Crippen LogP contribution in [0, 0.1) is 0 Å². The van der Waals surface area contributed by atoms with Gasteiger partial charge in [-0.05, 0) is 61.6 Å². The lowest BCUT2D eigenvalue weighted by atomic mass is 10.00. The Hall–Kier alpha value is -5.14. The van der Waals surface area contributed by atoms with Crippen LogP contribution in [0.5, 0.6) is 5.75 Å². The van der Waals surface area contributed by atoms with Crippen molar-refractivity contribution in [3.63, 3.8) is 0 Å². The lowest BCUT2D eigenvalue weighted by Crippen LogP contribution is -2.46. The zero-order valence-corrected chi connectivity index (χ0v) is 24.5. The number of amides is 2. The fraction of sp³-hybridized carbons (Fsp3) is 0.323. The first-order valence-electron chi connectivity index (χ1n) is 13.9. The molecule has 0 aliphatic carbocycles. The Labute approximate surface area is 257 Å². The number of carboxylic acid groups (broad SMARTS) is 2. The van der Waals surface area contributed by atoms with E-state index < -0.39 is 30.2 Å². The molecule has 1 aromatic heterocycles. The Morgan fingerprint density at radius 1 is 1.04 bits per heavy atom. The molecule has 2 aromatic carbocycles. The molecule has 14 heteroatoms. The van der Waals surface area contributed by atoms with Crippen LogP contribution in [0.2, 0.25) is 0 Å². The molecule has 11 nitrogen and oxygen atoms in total. The average molecular weight is 631 g/mol. The number of aliphatic carboxylic acids is 2. The van der Waals surface area contributed by atoms with Gasteiger partial charge in [0.05, 0.1) is 24.3 Å². The fourth-order valence-corrected chi connectivity index (χ4v) is 4.76. The van der Waals surface area contributed by atoms with Gasteiger partial charge in [0.1, 0.15) is 6.04 Å². The highest BCUT2D eigenvalue weighted by atomic mass is 19.4. The van der Waals surface area contributed by atoms with Crippen LogP contribution in [0.4, 0.5) is 24.7 Å². The van der Waals surface area contributed by atoms with Gasteiger partial charge in [0.15, 0.2) is 11.6 Å². The van der Waals surface area contributed by atoms with Gasteiger partial charge < -0.3 is 30.5 Å². The van der Waals surface area contributed by atoms with Gasteiger partial charge in [-0.25, -0.2) is 9.78 Å². The minimum atomic E-state index is -5.08. The molecular weight excluding hydrogens is 597 g/mol. The lowest BCUT2D eigenvalue weighted by molar-refractivity contribution is -0.192. The van der Waals surface area contributed by atoms with E-state index in [0.717, 1.165) is 18.4 Å². The molecule has 0 bridgehead atoms. The number of anilines is 2. The van der Waals surface area contributed by atoms with Crippen molar-refractivity contribution in [2.75, 3.05) is 24.3 Å². The summed E-state index contributed by atoms with van der Waals surface area (Å²) in [7, 11) is 1.65. The van der Waals surface area contributed by atoms with Crippen LogP contribution in [-0.4, -0.2) is 69.7 Å². The number of hydrogen-bond acceptors (Lipinski definition) is 7. The van der Waals surface area contributed by atoms with E-state index in [0.29, 0.717) is 41.4 Å². The third kappa shape index (κ3) is 8.94. The highest BCUT2D eigenvalue weighted by Gasteiger charge is 2.42. The first kappa shape index (κ1) is 34.4. The largest absolute Gasteiger partial charge is 0.490 e. The third-order valence-corrected chi connectivity index (χ3v) is 6.95. The minimum Gasteiger partial charge on any atom is -0.490 e. The number of ether oxygens (including phenoxy) is 1. The zero-order valence-electron chi connectivity index (χ0n) is 24.5. The number of hydrogen-bond donors (Lipinski definition) is 3. The SMILES string of the molecule is CC(CC(=O)O)N1C(=O)c2cc(CCCCOc3cccnc3N)ccc2N(C)C(=O)C1c1ccccc1.O=C(O)C(F)(F)F. The Bertz CT molecular complexity index is 1520. The maximum absolute atomic E-state index is 14.0. The van der Waals surface area contributed by atoms with Gasteiger partial charge in [-0.1, -0.05) is 36.4 Å². The highest BCUT2D eigenvalue weighted by Crippen LogP contribution is 2.36. The van der Waals surface area contributed by atoms with Gasteiger partial charge >= 0.3 is 18.1 Å². The molecule has 1 aliphatic heterocycles. The standard InChI is InChI=1S/C29H32N4O5.C2HF3O2/c1-19(17-25(34)35)33-26(21-10-4-3-5-11-21)29(37)32(2)23-14-13-20(18-22(23)28(33)36)9-6-7-16-38-24-12-8-15-31-27(24)30;3-2(4,5)1(6)7/h3-5,8,10-15,18-19,26H,6-7,9,16-17H2,1-2H3,(H2,30,31)(H,34,35);(H,6,7). The number of nitrogen functional groups attached to an aromatic ring is 1. The van der Waals surface area contributed by atoms with E-state index in [2.05, 4.69) is 4.98 Å². The van der Waals surface area contributed by atoms with Crippen molar-refractivity contribution < 1.29 is 47.3 Å². The number of carboxylic acids is 2. The van der Waals surface area contributed by atoms with E-state index in [9.17, 15) is 32.7 Å². The fourth-order valence-electron chi connectivity index (χ4n) is 4.76. The highest BCUT2D eigenvalue weighted by molar-refractivity contribution is 6.11. The Morgan fingerprint density at radius 3 is 2.31 bits per heavy atom. The van der Waals surface area contributed by atoms with Crippen molar-refractivity contribution in [3.05, 3.63) is 83.6 Å². The number of carbonyl (C=O) groups excluding carboxylic acids is 2. The molecule has 0 radical (unpaired) electrons. The van der Waals surface area contributed by atoms with Crippen LogP contribution < -0.4 is 15.4 Å². The molecule has 3 aromatic rings. The van der Waals surface area contributed by atoms with Gasteiger partial charge in [-0.2, -0.15) is 13.2 Å². The molecule has 1 aliphatic rings. The van der Waals surface area contributed by atoms with E-state index >= 15 is 0 Å². The zero-order chi connectivity index (χ0) is 33.3. The number of benzene rings is 2. The number of carbonyl (C=O) groups is 4. The van der Waals surface area contributed by atoms with E-state index in [1.54, 1.807) is 62.6 Å². The number of nitrogens with two attached hydrogens (primary N) is 1. The van der Waals surface area contributed by atoms with Crippen molar-refractivity contribution in [2.45, 2.75) is 50.9 Å². The molecule has 0 saturated heterocycles. The molecule has 0 saturated carbocycles. The van der Waals surface area contributed by atoms with Crippen LogP contribution in [-0.2, 0) is 20.8 Å². The molecule has 4 N–H and O–H groups in total. The predicted molar refractivity (Wildman–Crippen MR) is 158 cm³/mol. The summed E-state index contributed by atoms with van der Waals surface area (Å²) in [5, 5.41) is 16.6. The van der Waals surface area contributed by atoms with Crippen LogP contribution in [0.15, 0.2) is 66.9 Å². The molecule has 45 heavy (non-hydrogen) atoms. The number of pyridine rings is 1. The Morgan fingerprint density at radius 2 is 1.71 bits per heavy atom. The maximum Gasteiger partial charge on any atom is 0.490 e. The monoisotopic (exact) mass is 630 g/mol. The second-order valence-electron chi connectivity index (χ2n) is 10.2. The number of likely N-dealkylation sites (N-methyl/N-ethyl adjacent to an activating group) is 1. The van der Waals surface area contributed by atoms with Crippen molar-refractivity contribution in [1.82, 2.24) is 9.88 Å². The summed E-state index contributed by atoms with van der Waals surface area (Å²) in [4.78, 5) is 55.0. The normalized spacial score (nSPS) is 15.4. The van der Waals surface area contributed by atoms with Gasteiger partial charge in [0, 0.05) is 19.3 Å². The second kappa shape index (κ2) is 15.0. The predicted octanol–water partition coefficient (Wildman–Crippen LogP) is 4.72. The molecule has 4 rings (SSSR count). The number of nitrogens with zero attached hydrogens (tertiary/aromatic N) is 3. The summed E-state index contributed by atoms with van der Waals surface area (Å²) in [6.45, 7) is 2.15. The van der Waals surface area contributed by atoms with Crippen LogP contribution in [0.3, 0.4) is 0 Å². The molecule has 2 heterocycles. The maximum atomic E-state index is 14.0. The summed E-state index contributed by atoms with van der Waals surface area (Å²) < 4.78 is 37.4. The van der Waals surface area contributed by atoms with Crippen molar-refractivity contribution in [3.8, 4) is 5.75 Å². The molecule has 2 unspecified atom stereocenters. The molecule has 0 fully saturated rings. The number of halogens is 3. The number of fused-ring (bicyclic) bond motifs is 1. The minimum absolute atomic E-state index is 0.275. The summed E-state index contributed by atoms with van der Waals surface area (Å²) in [5.41, 5.74) is 8.28. The first-order chi connectivity index (χ1) is 21.2. The molecule has 2 atom stereocenters. The van der Waals surface area contributed by atoms with Gasteiger partial charge in [0.2, 0.25) is 0 Å². The summed E-state index contributed by atoms with van der Waals surface area (Å²) in [6, 6.07) is 16.4. The van der Waals surface area contributed by atoms with Gasteiger partial charge in [0.25, 0.3) is 11.8 Å². The van der Waals surface area contributed by atoms with Crippen molar-refractivity contribution >= 4 is 35.3 Å². The first-order valence-corrected chi connectivity index (χ1v) is 13.9. The van der Waals surface area contributed by atoms with Gasteiger partial charge in [-0.15, -0.1) is 0 Å². The summed E-state index contributed by atoms with van der Waals surface area (Å²) >= 11 is 0. The number of alkyl halides is 3. The topological polar surface area (TPSA) is 163 Å². The molecular formula is C31H33F3N4O7. The third-order valence-electron chi connectivity index (χ3n) is 6.95. The number of unbranched alkanes of at least 4 members (excludes halogenated alkanes) is 1. The van der Waals surface area contributed by atoms with Crippen molar-refractivity contribution in [2.24, 2.45) is 0 Å². The van der Waals surface area contributed by atoms with Gasteiger partial charge in [-0.3, -0.25) is 14.4 Å². The Balaban J connectivity index is 0.000000707. The van der Waals surface area contributed by atoms with E-state index in [1.165, 1.54) is 9.80 Å². The van der Waals surface area contributed by atoms with E-state index in [-0.39, 0.29) is 18.2 Å².